The maximum Gasteiger partial charge on any atom is 0.231 e. The minimum atomic E-state index is 0.254. The Morgan fingerprint density at radius 1 is 1.40 bits per heavy atom. The van der Waals surface area contributed by atoms with E-state index in [1.54, 1.807) is 0 Å². The largest absolute Gasteiger partial charge is 0.312 e. The van der Waals surface area contributed by atoms with Crippen molar-refractivity contribution < 1.29 is 4.79 Å². The molecule has 80 valence electrons. The molecule has 2 heteroatoms. The summed E-state index contributed by atoms with van der Waals surface area (Å²) < 4.78 is 0. The molecule has 1 heterocycles. The van der Waals surface area contributed by atoms with Gasteiger partial charge in [-0.2, -0.15) is 0 Å². The summed E-state index contributed by atoms with van der Waals surface area (Å²) in [5.41, 5.74) is 3.55. The fourth-order valence-electron chi connectivity index (χ4n) is 2.07. The van der Waals surface area contributed by atoms with Crippen LogP contribution in [0.15, 0.2) is 18.2 Å². The Morgan fingerprint density at radius 2 is 2.20 bits per heavy atom. The number of fused-ring (bicyclic) bond motifs is 1. The number of aryl methyl sites for hydroxylation is 1. The summed E-state index contributed by atoms with van der Waals surface area (Å²) in [6.07, 6.45) is 2.80. The summed E-state index contributed by atoms with van der Waals surface area (Å²) in [4.78, 5) is 13.7. The van der Waals surface area contributed by atoms with Gasteiger partial charge < -0.3 is 4.90 Å². The molecule has 0 atom stereocenters. The van der Waals surface area contributed by atoms with Gasteiger partial charge in [0.2, 0.25) is 5.91 Å². The molecular weight excluding hydrogens is 186 g/mol. The number of hydrogen-bond acceptors (Lipinski definition) is 1. The average molecular weight is 203 g/mol. The molecule has 0 fully saturated rings. The second-order valence-corrected chi connectivity index (χ2v) is 4.21. The molecule has 1 aliphatic rings. The number of anilines is 1. The maximum atomic E-state index is 11.8. The summed E-state index contributed by atoms with van der Waals surface area (Å²) in [5.74, 6) is 0.254. The molecule has 2 rings (SSSR count). The van der Waals surface area contributed by atoms with Crippen LogP contribution in [0.3, 0.4) is 0 Å². The molecule has 0 spiro atoms. The molecule has 0 N–H and O–H groups in total. The normalized spacial score (nSPS) is 14.5. The van der Waals surface area contributed by atoms with E-state index in [1.807, 2.05) is 4.90 Å². The first-order chi connectivity index (χ1) is 7.22. The van der Waals surface area contributed by atoms with Crippen molar-refractivity contribution in [2.75, 3.05) is 11.4 Å². The number of carbonyl (C=O) groups is 1. The van der Waals surface area contributed by atoms with Gasteiger partial charge in [-0.25, -0.2) is 0 Å². The zero-order valence-electron chi connectivity index (χ0n) is 9.42. The van der Waals surface area contributed by atoms with Crippen LogP contribution < -0.4 is 4.90 Å². The van der Waals surface area contributed by atoms with Gasteiger partial charge in [-0.05, 0) is 25.0 Å². The van der Waals surface area contributed by atoms with E-state index < -0.39 is 0 Å². The molecule has 0 saturated heterocycles. The van der Waals surface area contributed by atoms with E-state index >= 15 is 0 Å². The van der Waals surface area contributed by atoms with E-state index in [0.717, 1.165) is 25.1 Å². The molecule has 0 radical (unpaired) electrons. The molecule has 0 bridgehead atoms. The van der Waals surface area contributed by atoms with E-state index in [9.17, 15) is 4.79 Å². The van der Waals surface area contributed by atoms with Gasteiger partial charge in [-0.1, -0.05) is 31.0 Å². The predicted octanol–water partition coefficient (Wildman–Crippen LogP) is 2.68. The highest BCUT2D eigenvalue weighted by atomic mass is 16.2. The standard InChI is InChI=1S/C13H17NO/c1-3-4-7-14-12-6-5-10(2)8-11(12)9-13(14)15/h5-6,8H,3-4,7,9H2,1-2H3. The number of nitrogens with zero attached hydrogens (tertiary/aromatic N) is 1. The zero-order valence-corrected chi connectivity index (χ0v) is 9.42. The lowest BCUT2D eigenvalue weighted by atomic mass is 10.1. The van der Waals surface area contributed by atoms with Crippen LogP contribution in [0.2, 0.25) is 0 Å². The van der Waals surface area contributed by atoms with Gasteiger partial charge in [0, 0.05) is 12.2 Å². The third-order valence-corrected chi connectivity index (χ3v) is 2.90. The molecule has 0 aromatic heterocycles. The van der Waals surface area contributed by atoms with Crippen molar-refractivity contribution in [2.45, 2.75) is 33.1 Å². The number of rotatable bonds is 3. The highest BCUT2D eigenvalue weighted by Gasteiger charge is 2.26. The van der Waals surface area contributed by atoms with Crippen molar-refractivity contribution >= 4 is 11.6 Å². The van der Waals surface area contributed by atoms with Crippen LogP contribution in [-0.2, 0) is 11.2 Å². The molecule has 1 aromatic carbocycles. The predicted molar refractivity (Wildman–Crippen MR) is 62.1 cm³/mol. The molecule has 0 aliphatic carbocycles. The Labute approximate surface area is 90.9 Å². The van der Waals surface area contributed by atoms with Gasteiger partial charge in [0.1, 0.15) is 0 Å². The van der Waals surface area contributed by atoms with Gasteiger partial charge in [-0.15, -0.1) is 0 Å². The molecule has 2 nitrogen and oxygen atoms in total. The van der Waals surface area contributed by atoms with Crippen molar-refractivity contribution in [3.63, 3.8) is 0 Å². The van der Waals surface area contributed by atoms with E-state index in [1.165, 1.54) is 11.1 Å². The van der Waals surface area contributed by atoms with Gasteiger partial charge in [0.25, 0.3) is 0 Å². The van der Waals surface area contributed by atoms with E-state index in [4.69, 9.17) is 0 Å². The number of carbonyl (C=O) groups excluding carboxylic acids is 1. The molecule has 1 aromatic rings. The summed E-state index contributed by atoms with van der Waals surface area (Å²) in [6.45, 7) is 5.08. The van der Waals surface area contributed by atoms with Gasteiger partial charge >= 0.3 is 0 Å². The van der Waals surface area contributed by atoms with Crippen LogP contribution in [0.4, 0.5) is 5.69 Å². The van der Waals surface area contributed by atoms with Crippen molar-refractivity contribution in [2.24, 2.45) is 0 Å². The monoisotopic (exact) mass is 203 g/mol. The second-order valence-electron chi connectivity index (χ2n) is 4.21. The lowest BCUT2D eigenvalue weighted by Gasteiger charge is -2.16. The second kappa shape index (κ2) is 4.05. The van der Waals surface area contributed by atoms with Crippen molar-refractivity contribution in [3.05, 3.63) is 29.3 Å². The van der Waals surface area contributed by atoms with Crippen LogP contribution in [0.1, 0.15) is 30.9 Å². The van der Waals surface area contributed by atoms with Gasteiger partial charge in [0.15, 0.2) is 0 Å². The van der Waals surface area contributed by atoms with Crippen LogP contribution in [0, 0.1) is 6.92 Å². The average Bonchev–Trinajstić information content (AvgIpc) is 2.50. The Bertz CT molecular complexity index is 384. The fraction of sp³-hybridized carbons (Fsp3) is 0.462. The quantitative estimate of drug-likeness (QED) is 0.739. The number of unbranched alkanes of at least 4 members (excludes halogenated alkanes) is 1. The lowest BCUT2D eigenvalue weighted by molar-refractivity contribution is -0.117. The highest BCUT2D eigenvalue weighted by Crippen LogP contribution is 2.29. The molecule has 0 unspecified atom stereocenters. The number of amides is 1. The molecule has 1 amide bonds. The van der Waals surface area contributed by atoms with Crippen LogP contribution in [-0.4, -0.2) is 12.5 Å². The minimum absolute atomic E-state index is 0.254. The highest BCUT2D eigenvalue weighted by molar-refractivity contribution is 6.01. The van der Waals surface area contributed by atoms with Gasteiger partial charge in [-0.3, -0.25) is 4.79 Å². The minimum Gasteiger partial charge on any atom is -0.312 e. The first-order valence-corrected chi connectivity index (χ1v) is 5.62. The lowest BCUT2D eigenvalue weighted by Crippen LogP contribution is -2.27. The summed E-state index contributed by atoms with van der Waals surface area (Å²) in [5, 5.41) is 0. The first kappa shape index (κ1) is 10.2. The van der Waals surface area contributed by atoms with Crippen LogP contribution in [0.5, 0.6) is 0 Å². The molecule has 0 saturated carbocycles. The number of benzene rings is 1. The summed E-state index contributed by atoms with van der Waals surface area (Å²) >= 11 is 0. The maximum absolute atomic E-state index is 11.8. The Hall–Kier alpha value is -1.31. The molecular formula is C13H17NO. The zero-order chi connectivity index (χ0) is 10.8. The fourth-order valence-corrected chi connectivity index (χ4v) is 2.07. The van der Waals surface area contributed by atoms with E-state index in [-0.39, 0.29) is 5.91 Å². The third kappa shape index (κ3) is 1.89. The van der Waals surface area contributed by atoms with Crippen LogP contribution in [0.25, 0.3) is 0 Å². The first-order valence-electron chi connectivity index (χ1n) is 5.62. The summed E-state index contributed by atoms with van der Waals surface area (Å²) in [7, 11) is 0. The topological polar surface area (TPSA) is 20.3 Å². The van der Waals surface area contributed by atoms with Crippen molar-refractivity contribution in [1.29, 1.82) is 0 Å². The van der Waals surface area contributed by atoms with Crippen LogP contribution >= 0.6 is 0 Å². The van der Waals surface area contributed by atoms with Gasteiger partial charge in [0.05, 0.1) is 6.42 Å². The van der Waals surface area contributed by atoms with E-state index in [0.29, 0.717) is 6.42 Å². The number of hydrogen-bond donors (Lipinski definition) is 0. The van der Waals surface area contributed by atoms with Crippen molar-refractivity contribution in [1.82, 2.24) is 0 Å². The van der Waals surface area contributed by atoms with E-state index in [2.05, 4.69) is 32.0 Å². The SMILES string of the molecule is CCCCN1C(=O)Cc2cc(C)ccc21. The molecule has 1 aliphatic heterocycles. The smallest absolute Gasteiger partial charge is 0.231 e. The Kier molecular flexibility index (Phi) is 2.76. The summed E-state index contributed by atoms with van der Waals surface area (Å²) in [6, 6.07) is 6.28. The third-order valence-electron chi connectivity index (χ3n) is 2.90. The molecule has 15 heavy (non-hydrogen) atoms. The Morgan fingerprint density at radius 3 is 2.93 bits per heavy atom. The van der Waals surface area contributed by atoms with Crippen molar-refractivity contribution in [3.8, 4) is 0 Å². The Balaban J connectivity index is 2.25.